The van der Waals surface area contributed by atoms with Crippen LogP contribution in [0.3, 0.4) is 0 Å². The molecule has 0 spiro atoms. The molecule has 416 valence electrons. The van der Waals surface area contributed by atoms with Crippen LogP contribution in [0.4, 0.5) is 0 Å². The van der Waals surface area contributed by atoms with Gasteiger partial charge in [0.2, 0.25) is 5.91 Å². The molecule has 70 heavy (non-hydrogen) atoms. The van der Waals surface area contributed by atoms with Gasteiger partial charge in [0.05, 0.1) is 25.4 Å². The van der Waals surface area contributed by atoms with Crippen LogP contribution in [0, 0.1) is 0 Å². The molecule has 0 aromatic carbocycles. The van der Waals surface area contributed by atoms with Crippen LogP contribution in [0.25, 0.3) is 0 Å². The van der Waals surface area contributed by atoms with Crippen molar-refractivity contribution in [2.45, 2.75) is 373 Å². The lowest BCUT2D eigenvalue weighted by Crippen LogP contribution is -2.45. The normalized spacial score (nSPS) is 12.6. The molecule has 0 aromatic heterocycles. The number of hydrogen-bond acceptors (Lipinski definition) is 5. The number of carbonyl (C=O) groups is 2. The fraction of sp³-hybridized carbons (Fsp3) is 0.938. The lowest BCUT2D eigenvalue weighted by Gasteiger charge is -2.22. The first-order valence-electron chi connectivity index (χ1n) is 31.9. The first kappa shape index (κ1) is 68.6. The number of esters is 1. The zero-order chi connectivity index (χ0) is 50.7. The summed E-state index contributed by atoms with van der Waals surface area (Å²) in [5.74, 6) is -0.0214. The van der Waals surface area contributed by atoms with Crippen LogP contribution in [-0.2, 0) is 14.3 Å². The third kappa shape index (κ3) is 55.9. The van der Waals surface area contributed by atoms with E-state index < -0.39 is 12.1 Å². The molecule has 6 nitrogen and oxygen atoms in total. The van der Waals surface area contributed by atoms with Crippen LogP contribution in [0.15, 0.2) is 12.2 Å². The van der Waals surface area contributed by atoms with Crippen molar-refractivity contribution in [1.29, 1.82) is 0 Å². The summed E-state index contributed by atoms with van der Waals surface area (Å²) in [6, 6.07) is -0.542. The van der Waals surface area contributed by atoms with E-state index in [-0.39, 0.29) is 18.5 Å². The van der Waals surface area contributed by atoms with Gasteiger partial charge < -0.3 is 20.3 Å². The zero-order valence-corrected chi connectivity index (χ0v) is 47.5. The summed E-state index contributed by atoms with van der Waals surface area (Å²) in [5.41, 5.74) is 0. The SMILES string of the molecule is CCCCCCCCCCCCCCCCCCCCC(=O)OCCCCCCCCCCCCCC/C=C\CCCCCCCCCCC(=O)NC(CO)C(O)CCCCCCCCCCCCC. The van der Waals surface area contributed by atoms with Gasteiger partial charge in [-0.3, -0.25) is 9.59 Å². The van der Waals surface area contributed by atoms with E-state index in [2.05, 4.69) is 31.3 Å². The predicted molar refractivity (Wildman–Crippen MR) is 306 cm³/mol. The Morgan fingerprint density at radius 3 is 1.01 bits per heavy atom. The molecule has 1 amide bonds. The van der Waals surface area contributed by atoms with Gasteiger partial charge in [-0.15, -0.1) is 0 Å². The molecular formula is C64H125NO5. The van der Waals surface area contributed by atoms with Gasteiger partial charge in [-0.25, -0.2) is 0 Å². The maximum Gasteiger partial charge on any atom is 0.305 e. The largest absolute Gasteiger partial charge is 0.466 e. The Balaban J connectivity index is 3.35. The van der Waals surface area contributed by atoms with Gasteiger partial charge >= 0.3 is 5.97 Å². The van der Waals surface area contributed by atoms with E-state index in [0.29, 0.717) is 25.9 Å². The molecule has 0 fully saturated rings. The molecule has 0 rings (SSSR count). The minimum absolute atomic E-state index is 0.0175. The van der Waals surface area contributed by atoms with Crippen molar-refractivity contribution in [1.82, 2.24) is 5.32 Å². The highest BCUT2D eigenvalue weighted by Crippen LogP contribution is 2.18. The molecule has 2 unspecified atom stereocenters. The predicted octanol–water partition coefficient (Wildman–Crippen LogP) is 20.0. The molecule has 0 heterocycles. The van der Waals surface area contributed by atoms with Gasteiger partial charge in [-0.2, -0.15) is 0 Å². The molecule has 3 N–H and O–H groups in total. The smallest absolute Gasteiger partial charge is 0.305 e. The van der Waals surface area contributed by atoms with Crippen molar-refractivity contribution >= 4 is 11.9 Å². The van der Waals surface area contributed by atoms with Gasteiger partial charge in [-0.05, 0) is 51.4 Å². The number of allylic oxidation sites excluding steroid dienone is 2. The van der Waals surface area contributed by atoms with Crippen LogP contribution < -0.4 is 5.32 Å². The van der Waals surface area contributed by atoms with Crippen LogP contribution in [0.2, 0.25) is 0 Å². The number of unbranched alkanes of at least 4 members (excludes halogenated alkanes) is 47. The molecule has 0 radical (unpaired) electrons. The van der Waals surface area contributed by atoms with Crippen molar-refractivity contribution in [2.75, 3.05) is 13.2 Å². The first-order chi connectivity index (χ1) is 34.5. The Bertz CT molecular complexity index is 1050. The second kappa shape index (κ2) is 60.2. The monoisotopic (exact) mass is 988 g/mol. The quantitative estimate of drug-likeness (QED) is 0.0321. The van der Waals surface area contributed by atoms with Crippen LogP contribution in [0.1, 0.15) is 361 Å². The summed E-state index contributed by atoms with van der Waals surface area (Å²) in [6.07, 6.45) is 72.4. The average molecular weight is 989 g/mol. The van der Waals surface area contributed by atoms with Crippen LogP contribution in [-0.4, -0.2) is 47.4 Å². The lowest BCUT2D eigenvalue weighted by atomic mass is 10.0. The number of carbonyl (C=O) groups excluding carboxylic acids is 2. The molecule has 0 aromatic rings. The Labute approximate surface area is 438 Å². The topological polar surface area (TPSA) is 95.9 Å². The number of amides is 1. The Hall–Kier alpha value is -1.40. The molecule has 0 saturated carbocycles. The van der Waals surface area contributed by atoms with Crippen molar-refractivity contribution in [3.05, 3.63) is 12.2 Å². The molecule has 0 aliphatic heterocycles. The third-order valence-corrected chi connectivity index (χ3v) is 15.1. The maximum atomic E-state index is 12.4. The first-order valence-corrected chi connectivity index (χ1v) is 31.9. The highest BCUT2D eigenvalue weighted by Gasteiger charge is 2.20. The number of aliphatic hydroxyl groups excluding tert-OH is 2. The molecule has 6 heteroatoms. The van der Waals surface area contributed by atoms with Gasteiger partial charge in [-0.1, -0.05) is 309 Å². The van der Waals surface area contributed by atoms with Gasteiger partial charge in [0.25, 0.3) is 0 Å². The molecular weight excluding hydrogens is 863 g/mol. The van der Waals surface area contributed by atoms with E-state index in [9.17, 15) is 19.8 Å². The van der Waals surface area contributed by atoms with E-state index in [4.69, 9.17) is 4.74 Å². The number of rotatable bonds is 60. The van der Waals surface area contributed by atoms with E-state index in [0.717, 1.165) is 38.5 Å². The van der Waals surface area contributed by atoms with E-state index >= 15 is 0 Å². The molecule has 2 atom stereocenters. The fourth-order valence-corrected chi connectivity index (χ4v) is 10.2. The molecule has 0 saturated heterocycles. The number of aliphatic hydroxyl groups is 2. The van der Waals surface area contributed by atoms with Crippen molar-refractivity contribution < 1.29 is 24.5 Å². The molecule has 0 aliphatic rings. The Morgan fingerprint density at radius 1 is 0.386 bits per heavy atom. The second-order valence-electron chi connectivity index (χ2n) is 22.1. The lowest BCUT2D eigenvalue weighted by molar-refractivity contribution is -0.143. The Kier molecular flexibility index (Phi) is 59.0. The number of hydrogen-bond donors (Lipinski definition) is 3. The maximum absolute atomic E-state index is 12.4. The van der Waals surface area contributed by atoms with Crippen LogP contribution >= 0.6 is 0 Å². The summed E-state index contributed by atoms with van der Waals surface area (Å²) < 4.78 is 5.50. The van der Waals surface area contributed by atoms with Gasteiger partial charge in [0, 0.05) is 12.8 Å². The standard InChI is InChI=1S/C64H125NO5/c1-3-5-7-9-11-13-15-16-17-18-28-31-34-38-42-46-50-54-58-64(69)70-59-55-51-47-43-39-35-32-29-26-24-22-20-19-21-23-25-27-30-33-37-41-45-49-53-57-63(68)65-61(60-66)62(67)56-52-48-44-40-36-14-12-10-8-6-4-2/h21,23,61-62,66-67H,3-20,22,24-60H2,1-2H3,(H,65,68)/b23-21-. The second-order valence-corrected chi connectivity index (χ2v) is 22.1. The Morgan fingerprint density at radius 2 is 0.671 bits per heavy atom. The fourth-order valence-electron chi connectivity index (χ4n) is 10.2. The highest BCUT2D eigenvalue weighted by atomic mass is 16.5. The third-order valence-electron chi connectivity index (χ3n) is 15.1. The van der Waals surface area contributed by atoms with E-state index in [1.54, 1.807) is 0 Å². The van der Waals surface area contributed by atoms with Crippen LogP contribution in [0.5, 0.6) is 0 Å². The minimum Gasteiger partial charge on any atom is -0.466 e. The molecule has 0 bridgehead atoms. The van der Waals surface area contributed by atoms with Crippen molar-refractivity contribution in [2.24, 2.45) is 0 Å². The summed E-state index contributed by atoms with van der Waals surface area (Å²) in [4.78, 5) is 24.5. The summed E-state index contributed by atoms with van der Waals surface area (Å²) in [6.45, 7) is 4.97. The molecule has 0 aliphatic carbocycles. The van der Waals surface area contributed by atoms with E-state index in [1.165, 1.54) is 289 Å². The summed E-state index contributed by atoms with van der Waals surface area (Å²) >= 11 is 0. The number of nitrogens with one attached hydrogen (secondary N) is 1. The zero-order valence-electron chi connectivity index (χ0n) is 47.5. The summed E-state index contributed by atoms with van der Waals surface area (Å²) in [7, 11) is 0. The average Bonchev–Trinajstić information content (AvgIpc) is 3.36. The van der Waals surface area contributed by atoms with Crippen molar-refractivity contribution in [3.8, 4) is 0 Å². The number of ether oxygens (including phenoxy) is 1. The summed E-state index contributed by atoms with van der Waals surface area (Å²) in [5, 5.41) is 23.2. The van der Waals surface area contributed by atoms with Gasteiger partial charge in [0.1, 0.15) is 0 Å². The van der Waals surface area contributed by atoms with E-state index in [1.807, 2.05) is 0 Å². The van der Waals surface area contributed by atoms with Crippen molar-refractivity contribution in [3.63, 3.8) is 0 Å². The van der Waals surface area contributed by atoms with Gasteiger partial charge in [0.15, 0.2) is 0 Å². The highest BCUT2D eigenvalue weighted by molar-refractivity contribution is 5.76. The minimum atomic E-state index is -0.665.